The normalized spacial score (nSPS) is 10.7. The first kappa shape index (κ1) is 23.1. The Morgan fingerprint density at radius 1 is 0.472 bits per heavy atom. The third kappa shape index (κ3) is 4.49. The van der Waals surface area contributed by atoms with Gasteiger partial charge in [-0.25, -0.2) is 0 Å². The van der Waals surface area contributed by atoms with Gasteiger partial charge in [0.1, 0.15) is 11.4 Å². The summed E-state index contributed by atoms with van der Waals surface area (Å²) in [4.78, 5) is 28.2. The minimum atomic E-state index is -0.270. The van der Waals surface area contributed by atoms with Crippen molar-refractivity contribution in [2.75, 3.05) is 0 Å². The van der Waals surface area contributed by atoms with Gasteiger partial charge in [-0.2, -0.15) is 0 Å². The van der Waals surface area contributed by atoms with Crippen LogP contribution in [-0.2, 0) is 0 Å². The van der Waals surface area contributed by atoms with Crippen LogP contribution in [0.15, 0.2) is 109 Å². The van der Waals surface area contributed by atoms with E-state index in [1.807, 2.05) is 98.8 Å². The highest BCUT2D eigenvalue weighted by atomic mass is 16.1. The number of hydrogen-bond donors (Lipinski definition) is 0. The van der Waals surface area contributed by atoms with Crippen LogP contribution in [0.3, 0.4) is 0 Å². The Kier molecular flexibility index (Phi) is 6.33. The average molecular weight is 469 g/mol. The van der Waals surface area contributed by atoms with Crippen LogP contribution in [0.4, 0.5) is 0 Å². The van der Waals surface area contributed by atoms with Gasteiger partial charge in [0.25, 0.3) is 0 Å². The molecule has 174 valence electrons. The molecule has 0 bridgehead atoms. The van der Waals surface area contributed by atoms with Crippen molar-refractivity contribution in [3.05, 3.63) is 143 Å². The highest BCUT2D eigenvalue weighted by Crippen LogP contribution is 2.34. The Bertz CT molecular complexity index is 1420. The second kappa shape index (κ2) is 9.88. The number of benzene rings is 4. The zero-order valence-corrected chi connectivity index (χ0v) is 20.1. The molecule has 0 aliphatic rings. The summed E-state index contributed by atoms with van der Waals surface area (Å²) < 4.78 is 0. The number of aromatic nitrogens is 2. The van der Waals surface area contributed by atoms with Crippen molar-refractivity contribution in [3.8, 4) is 22.5 Å². The summed E-state index contributed by atoms with van der Waals surface area (Å²) in [5.41, 5.74) is 5.87. The van der Waals surface area contributed by atoms with Crippen molar-refractivity contribution in [2.24, 2.45) is 0 Å². The third-order valence-corrected chi connectivity index (χ3v) is 6.15. The van der Waals surface area contributed by atoms with Gasteiger partial charge < -0.3 is 0 Å². The van der Waals surface area contributed by atoms with Crippen molar-refractivity contribution in [1.29, 1.82) is 0 Å². The Morgan fingerprint density at radius 3 is 1.14 bits per heavy atom. The summed E-state index contributed by atoms with van der Waals surface area (Å²) in [6.45, 7) is 3.99. The van der Waals surface area contributed by atoms with Crippen LogP contribution in [-0.4, -0.2) is 21.8 Å². The van der Waals surface area contributed by atoms with E-state index in [4.69, 9.17) is 0 Å². The summed E-state index contributed by atoms with van der Waals surface area (Å²) in [7, 11) is 0. The molecule has 4 nitrogen and oxygen atoms in total. The van der Waals surface area contributed by atoms with Crippen LogP contribution < -0.4 is 0 Å². The number of nitrogens with zero attached hydrogens (tertiary/aromatic N) is 2. The molecule has 0 atom stereocenters. The second-order valence-electron chi connectivity index (χ2n) is 8.77. The van der Waals surface area contributed by atoms with E-state index in [0.29, 0.717) is 22.5 Å². The molecule has 0 aliphatic heterocycles. The molecule has 1 heterocycles. The Morgan fingerprint density at radius 2 is 0.806 bits per heavy atom. The van der Waals surface area contributed by atoms with Crippen molar-refractivity contribution >= 4 is 11.6 Å². The van der Waals surface area contributed by atoms with Crippen LogP contribution in [0.5, 0.6) is 0 Å². The first-order valence-electron chi connectivity index (χ1n) is 11.8. The van der Waals surface area contributed by atoms with Crippen LogP contribution in [0.2, 0.25) is 0 Å². The standard InChI is InChI=1S/C32H24N2O2/c1-21-13-17-23(18-14-21)29-27(31(35)25-9-5-3-6-10-25)28(32(36)26-11-7-4-8-12-26)30(34-33-29)24-19-15-22(2)16-20-24/h3-20H,1-2H3. The maximum absolute atomic E-state index is 14.1. The van der Waals surface area contributed by atoms with Gasteiger partial charge in [-0.05, 0) is 13.8 Å². The summed E-state index contributed by atoms with van der Waals surface area (Å²) in [6, 6.07) is 33.4. The number of rotatable bonds is 6. The molecule has 1 aromatic heterocycles. The van der Waals surface area contributed by atoms with Crippen LogP contribution in [0.1, 0.15) is 43.0 Å². The molecular formula is C32H24N2O2. The lowest BCUT2D eigenvalue weighted by Gasteiger charge is -2.17. The molecule has 36 heavy (non-hydrogen) atoms. The van der Waals surface area contributed by atoms with E-state index < -0.39 is 0 Å². The molecule has 4 heteroatoms. The quantitative estimate of drug-likeness (QED) is 0.255. The fraction of sp³-hybridized carbons (Fsp3) is 0.0625. The van der Waals surface area contributed by atoms with E-state index in [9.17, 15) is 9.59 Å². The molecular weight excluding hydrogens is 444 g/mol. The zero-order chi connectivity index (χ0) is 25.1. The number of hydrogen-bond acceptors (Lipinski definition) is 4. The number of carbonyl (C=O) groups is 2. The minimum absolute atomic E-state index is 0.254. The summed E-state index contributed by atoms with van der Waals surface area (Å²) in [5.74, 6) is -0.539. The molecule has 4 aromatic carbocycles. The zero-order valence-electron chi connectivity index (χ0n) is 20.1. The highest BCUT2D eigenvalue weighted by Gasteiger charge is 2.29. The van der Waals surface area contributed by atoms with Crippen molar-refractivity contribution in [2.45, 2.75) is 13.8 Å². The second-order valence-corrected chi connectivity index (χ2v) is 8.77. The monoisotopic (exact) mass is 468 g/mol. The molecule has 5 rings (SSSR count). The summed E-state index contributed by atoms with van der Waals surface area (Å²) in [5, 5.41) is 9.08. The van der Waals surface area contributed by atoms with Crippen molar-refractivity contribution in [1.82, 2.24) is 10.2 Å². The molecule has 0 saturated carbocycles. The Labute approximate surface area is 210 Å². The van der Waals surface area contributed by atoms with Crippen molar-refractivity contribution < 1.29 is 9.59 Å². The van der Waals surface area contributed by atoms with E-state index in [2.05, 4.69) is 10.2 Å². The molecule has 0 N–H and O–H groups in total. The maximum atomic E-state index is 14.1. The van der Waals surface area contributed by atoms with Crippen LogP contribution in [0, 0.1) is 13.8 Å². The topological polar surface area (TPSA) is 59.9 Å². The van der Waals surface area contributed by atoms with Gasteiger partial charge in [-0.1, -0.05) is 120 Å². The van der Waals surface area contributed by atoms with E-state index in [-0.39, 0.29) is 22.7 Å². The molecule has 0 amide bonds. The van der Waals surface area contributed by atoms with Gasteiger partial charge in [0.2, 0.25) is 0 Å². The lowest BCUT2D eigenvalue weighted by atomic mass is 9.87. The Balaban J connectivity index is 1.86. The average Bonchev–Trinajstić information content (AvgIpc) is 2.93. The fourth-order valence-corrected chi connectivity index (χ4v) is 4.17. The van der Waals surface area contributed by atoms with Gasteiger partial charge in [0.15, 0.2) is 11.6 Å². The summed E-state index contributed by atoms with van der Waals surface area (Å²) >= 11 is 0. The van der Waals surface area contributed by atoms with Gasteiger partial charge >= 0.3 is 0 Å². The van der Waals surface area contributed by atoms with E-state index in [1.165, 1.54) is 0 Å². The van der Waals surface area contributed by atoms with Gasteiger partial charge in [0.05, 0.1) is 11.1 Å². The molecule has 0 fully saturated rings. The lowest BCUT2D eigenvalue weighted by Crippen LogP contribution is -2.17. The van der Waals surface area contributed by atoms with E-state index >= 15 is 0 Å². The molecule has 0 radical (unpaired) electrons. The lowest BCUT2D eigenvalue weighted by molar-refractivity contribution is 0.100. The fourth-order valence-electron chi connectivity index (χ4n) is 4.17. The molecule has 0 saturated heterocycles. The molecule has 0 unspecified atom stereocenters. The number of ketones is 2. The third-order valence-electron chi connectivity index (χ3n) is 6.15. The predicted molar refractivity (Wildman–Crippen MR) is 142 cm³/mol. The minimum Gasteiger partial charge on any atom is -0.288 e. The molecule has 0 spiro atoms. The highest BCUT2D eigenvalue weighted by molar-refractivity contribution is 6.23. The van der Waals surface area contributed by atoms with Gasteiger partial charge in [0, 0.05) is 22.3 Å². The molecule has 0 aliphatic carbocycles. The van der Waals surface area contributed by atoms with Gasteiger partial charge in [-0.15, -0.1) is 10.2 Å². The first-order chi connectivity index (χ1) is 17.5. The SMILES string of the molecule is Cc1ccc(-c2nnc(-c3ccc(C)cc3)c(C(=O)c3ccccc3)c2C(=O)c2ccccc2)cc1. The maximum Gasteiger partial charge on any atom is 0.196 e. The summed E-state index contributed by atoms with van der Waals surface area (Å²) in [6.07, 6.45) is 0. The first-order valence-corrected chi connectivity index (χ1v) is 11.8. The molecule has 5 aromatic rings. The number of aryl methyl sites for hydroxylation is 2. The van der Waals surface area contributed by atoms with E-state index in [1.54, 1.807) is 24.3 Å². The predicted octanol–water partition coefficient (Wildman–Crippen LogP) is 6.89. The smallest absolute Gasteiger partial charge is 0.196 e. The van der Waals surface area contributed by atoms with Crippen LogP contribution >= 0.6 is 0 Å². The van der Waals surface area contributed by atoms with Gasteiger partial charge in [-0.3, -0.25) is 9.59 Å². The largest absolute Gasteiger partial charge is 0.288 e. The number of carbonyl (C=O) groups excluding carboxylic acids is 2. The van der Waals surface area contributed by atoms with Crippen molar-refractivity contribution in [3.63, 3.8) is 0 Å². The Hall–Kier alpha value is -4.70. The van der Waals surface area contributed by atoms with E-state index in [0.717, 1.165) is 22.3 Å². The van der Waals surface area contributed by atoms with Crippen LogP contribution in [0.25, 0.3) is 22.5 Å².